The standard InChI is InChI=1S/C24H32N2O3S/c1-19-3-2-15-25(19)16-12-20-4-6-21(7-5-20)22-8-10-24(11-9-22)30(28,29)26-17-13-23(27)14-18-26/h4-11,19,23,27H,2-3,12-18H2,1H3/t19-/m1/s1. The molecule has 5 nitrogen and oxygen atoms in total. The van der Waals surface area contributed by atoms with Crippen LogP contribution in [0, 0.1) is 0 Å². The highest BCUT2D eigenvalue weighted by molar-refractivity contribution is 7.89. The van der Waals surface area contributed by atoms with Gasteiger partial charge in [-0.25, -0.2) is 8.42 Å². The van der Waals surface area contributed by atoms with E-state index in [2.05, 4.69) is 36.1 Å². The first-order valence-corrected chi connectivity index (χ1v) is 12.5. The van der Waals surface area contributed by atoms with Crippen molar-refractivity contribution in [3.05, 3.63) is 54.1 Å². The van der Waals surface area contributed by atoms with Crippen molar-refractivity contribution in [2.75, 3.05) is 26.2 Å². The van der Waals surface area contributed by atoms with Gasteiger partial charge in [0.05, 0.1) is 11.0 Å². The number of benzene rings is 2. The molecule has 6 heteroatoms. The van der Waals surface area contributed by atoms with Gasteiger partial charge in [-0.1, -0.05) is 36.4 Å². The van der Waals surface area contributed by atoms with E-state index in [0.29, 0.717) is 36.9 Å². The van der Waals surface area contributed by atoms with Gasteiger partial charge in [0, 0.05) is 25.7 Å². The highest BCUT2D eigenvalue weighted by atomic mass is 32.2. The van der Waals surface area contributed by atoms with Crippen LogP contribution in [0.4, 0.5) is 0 Å². The summed E-state index contributed by atoms with van der Waals surface area (Å²) in [5.74, 6) is 0. The van der Waals surface area contributed by atoms with E-state index >= 15 is 0 Å². The quantitative estimate of drug-likeness (QED) is 0.765. The first-order chi connectivity index (χ1) is 14.4. The lowest BCUT2D eigenvalue weighted by Gasteiger charge is -2.28. The largest absolute Gasteiger partial charge is 0.393 e. The zero-order valence-corrected chi connectivity index (χ0v) is 18.5. The number of likely N-dealkylation sites (tertiary alicyclic amines) is 1. The Bertz CT molecular complexity index is 933. The Morgan fingerprint density at radius 2 is 1.50 bits per heavy atom. The molecule has 2 aromatic carbocycles. The van der Waals surface area contributed by atoms with E-state index < -0.39 is 10.0 Å². The maximum Gasteiger partial charge on any atom is 0.243 e. The monoisotopic (exact) mass is 428 g/mol. The van der Waals surface area contributed by atoms with Crippen molar-refractivity contribution in [2.24, 2.45) is 0 Å². The van der Waals surface area contributed by atoms with E-state index in [4.69, 9.17) is 0 Å². The molecule has 2 heterocycles. The van der Waals surface area contributed by atoms with Crippen LogP contribution >= 0.6 is 0 Å². The molecule has 0 unspecified atom stereocenters. The molecular formula is C24H32N2O3S. The van der Waals surface area contributed by atoms with Gasteiger partial charge in [-0.05, 0) is 74.4 Å². The first kappa shape index (κ1) is 21.5. The molecule has 0 bridgehead atoms. The summed E-state index contributed by atoms with van der Waals surface area (Å²) in [7, 11) is -3.49. The van der Waals surface area contributed by atoms with Crippen LogP contribution in [0.3, 0.4) is 0 Å². The number of piperidine rings is 1. The summed E-state index contributed by atoms with van der Waals surface area (Å²) in [6.45, 7) is 5.40. The van der Waals surface area contributed by atoms with E-state index in [-0.39, 0.29) is 6.10 Å². The Kier molecular flexibility index (Phi) is 6.58. The number of aliphatic hydroxyl groups is 1. The maximum absolute atomic E-state index is 12.8. The van der Waals surface area contributed by atoms with E-state index in [1.807, 2.05) is 12.1 Å². The van der Waals surface area contributed by atoms with Crippen molar-refractivity contribution in [1.29, 1.82) is 0 Å². The molecule has 1 atom stereocenters. The van der Waals surface area contributed by atoms with Gasteiger partial charge in [0.25, 0.3) is 0 Å². The van der Waals surface area contributed by atoms with Crippen LogP contribution in [0.2, 0.25) is 0 Å². The molecule has 2 aliphatic heterocycles. The Balaban J connectivity index is 1.40. The highest BCUT2D eigenvalue weighted by Gasteiger charge is 2.28. The molecule has 30 heavy (non-hydrogen) atoms. The summed E-state index contributed by atoms with van der Waals surface area (Å²) in [5, 5.41) is 9.62. The third kappa shape index (κ3) is 4.78. The number of hydrogen-bond donors (Lipinski definition) is 1. The Labute approximate surface area is 180 Å². The van der Waals surface area contributed by atoms with Crippen molar-refractivity contribution in [3.63, 3.8) is 0 Å². The fraction of sp³-hybridized carbons (Fsp3) is 0.500. The molecule has 4 rings (SSSR count). The number of hydrogen-bond acceptors (Lipinski definition) is 4. The molecular weight excluding hydrogens is 396 g/mol. The van der Waals surface area contributed by atoms with E-state index in [0.717, 1.165) is 24.1 Å². The summed E-state index contributed by atoms with van der Waals surface area (Å²) in [6.07, 6.45) is 4.30. The molecule has 2 aliphatic rings. The zero-order chi connectivity index (χ0) is 21.1. The van der Waals surface area contributed by atoms with Crippen LogP contribution in [-0.2, 0) is 16.4 Å². The molecule has 0 spiro atoms. The fourth-order valence-electron chi connectivity index (χ4n) is 4.51. The van der Waals surface area contributed by atoms with Gasteiger partial charge >= 0.3 is 0 Å². The molecule has 2 fully saturated rings. The van der Waals surface area contributed by atoms with Crippen molar-refractivity contribution < 1.29 is 13.5 Å². The predicted octanol–water partition coefficient (Wildman–Crippen LogP) is 3.53. The lowest BCUT2D eigenvalue weighted by atomic mass is 10.0. The number of aliphatic hydroxyl groups excluding tert-OH is 1. The Hall–Kier alpha value is -1.73. The lowest BCUT2D eigenvalue weighted by Crippen LogP contribution is -2.39. The molecule has 162 valence electrons. The zero-order valence-electron chi connectivity index (χ0n) is 17.7. The molecule has 1 N–H and O–H groups in total. The van der Waals surface area contributed by atoms with Crippen LogP contribution in [0.15, 0.2) is 53.4 Å². The molecule has 0 amide bonds. The summed E-state index contributed by atoms with van der Waals surface area (Å²) < 4.78 is 27.1. The van der Waals surface area contributed by atoms with Gasteiger partial charge in [-0.15, -0.1) is 0 Å². The molecule has 2 saturated heterocycles. The molecule has 0 aliphatic carbocycles. The maximum atomic E-state index is 12.8. The number of sulfonamides is 1. The van der Waals surface area contributed by atoms with Gasteiger partial charge in [-0.3, -0.25) is 0 Å². The van der Waals surface area contributed by atoms with Gasteiger partial charge < -0.3 is 10.0 Å². The number of rotatable bonds is 6. The normalized spacial score (nSPS) is 21.9. The molecule has 0 aromatic heterocycles. The fourth-order valence-corrected chi connectivity index (χ4v) is 5.98. The summed E-state index contributed by atoms with van der Waals surface area (Å²) in [4.78, 5) is 2.88. The second-order valence-electron chi connectivity index (χ2n) is 8.63. The smallest absolute Gasteiger partial charge is 0.243 e. The van der Waals surface area contributed by atoms with Crippen LogP contribution in [0.1, 0.15) is 38.2 Å². The van der Waals surface area contributed by atoms with E-state index in [1.165, 1.54) is 29.3 Å². The van der Waals surface area contributed by atoms with E-state index in [9.17, 15) is 13.5 Å². The Morgan fingerprint density at radius 3 is 2.07 bits per heavy atom. The van der Waals surface area contributed by atoms with Crippen LogP contribution in [0.25, 0.3) is 11.1 Å². The van der Waals surface area contributed by atoms with Gasteiger partial charge in [0.2, 0.25) is 10.0 Å². The molecule has 0 saturated carbocycles. The van der Waals surface area contributed by atoms with Crippen molar-refractivity contribution >= 4 is 10.0 Å². The van der Waals surface area contributed by atoms with E-state index in [1.54, 1.807) is 12.1 Å². The van der Waals surface area contributed by atoms with Crippen molar-refractivity contribution in [2.45, 2.75) is 56.1 Å². The topological polar surface area (TPSA) is 60.9 Å². The van der Waals surface area contributed by atoms with Crippen molar-refractivity contribution in [3.8, 4) is 11.1 Å². The van der Waals surface area contributed by atoms with Crippen LogP contribution in [0.5, 0.6) is 0 Å². The summed E-state index contributed by atoms with van der Waals surface area (Å²) >= 11 is 0. The van der Waals surface area contributed by atoms with Crippen molar-refractivity contribution in [1.82, 2.24) is 9.21 Å². The predicted molar refractivity (Wildman–Crippen MR) is 120 cm³/mol. The third-order valence-electron chi connectivity index (χ3n) is 6.58. The highest BCUT2D eigenvalue weighted by Crippen LogP contribution is 2.25. The minimum absolute atomic E-state index is 0.319. The second-order valence-corrected chi connectivity index (χ2v) is 10.6. The third-order valence-corrected chi connectivity index (χ3v) is 8.49. The van der Waals surface area contributed by atoms with Gasteiger partial charge in [0.1, 0.15) is 0 Å². The SMILES string of the molecule is C[C@@H]1CCCN1CCc1ccc(-c2ccc(S(=O)(=O)N3CCC(O)CC3)cc2)cc1. The number of nitrogens with zero attached hydrogens (tertiary/aromatic N) is 2. The van der Waals surface area contributed by atoms with Gasteiger partial charge in [0.15, 0.2) is 0 Å². The van der Waals surface area contributed by atoms with Crippen LogP contribution in [-0.4, -0.2) is 61.1 Å². The first-order valence-electron chi connectivity index (χ1n) is 11.0. The summed E-state index contributed by atoms with van der Waals surface area (Å²) in [6, 6.07) is 16.5. The summed E-state index contributed by atoms with van der Waals surface area (Å²) in [5.41, 5.74) is 3.45. The second kappa shape index (κ2) is 9.18. The average molecular weight is 429 g/mol. The average Bonchev–Trinajstić information content (AvgIpc) is 3.18. The van der Waals surface area contributed by atoms with Gasteiger partial charge in [-0.2, -0.15) is 4.31 Å². The Morgan fingerprint density at radius 1 is 0.900 bits per heavy atom. The minimum Gasteiger partial charge on any atom is -0.393 e. The molecule has 2 aromatic rings. The minimum atomic E-state index is -3.49. The lowest BCUT2D eigenvalue weighted by molar-refractivity contribution is 0.113. The molecule has 0 radical (unpaired) electrons. The van der Waals surface area contributed by atoms with Crippen LogP contribution < -0.4 is 0 Å².